The minimum Gasteiger partial charge on any atom is -0.329 e. The number of thiazole rings is 1. The van der Waals surface area contributed by atoms with E-state index in [-0.39, 0.29) is 11.9 Å². The van der Waals surface area contributed by atoms with E-state index >= 15 is 0 Å². The van der Waals surface area contributed by atoms with Crippen molar-refractivity contribution in [3.63, 3.8) is 0 Å². The Labute approximate surface area is 123 Å². The molecule has 0 spiro atoms. The van der Waals surface area contributed by atoms with E-state index < -0.39 is 0 Å². The molecule has 0 radical (unpaired) electrons. The van der Waals surface area contributed by atoms with Crippen LogP contribution in [0.1, 0.15) is 27.9 Å². The minimum atomic E-state index is -0.209. The number of aryl methyl sites for hydroxylation is 2. The van der Waals surface area contributed by atoms with Crippen molar-refractivity contribution in [1.29, 1.82) is 0 Å². The number of likely N-dealkylation sites (N-methyl/N-ethyl adjacent to an activating group) is 1. The fourth-order valence-electron chi connectivity index (χ4n) is 2.40. The van der Waals surface area contributed by atoms with E-state index in [0.717, 1.165) is 28.4 Å². The first-order chi connectivity index (χ1) is 9.51. The molecule has 108 valence electrons. The molecule has 0 fully saturated rings. The first kappa shape index (κ1) is 15.1. The third-order valence-corrected chi connectivity index (χ3v) is 4.25. The van der Waals surface area contributed by atoms with Crippen molar-refractivity contribution in [2.24, 2.45) is 5.73 Å². The van der Waals surface area contributed by atoms with E-state index in [1.807, 2.05) is 27.0 Å². The fraction of sp³-hybridized carbons (Fsp3) is 0.400. The van der Waals surface area contributed by atoms with E-state index in [9.17, 15) is 4.39 Å². The van der Waals surface area contributed by atoms with Crippen LogP contribution < -0.4 is 5.73 Å². The summed E-state index contributed by atoms with van der Waals surface area (Å²) in [5.41, 5.74) is 8.97. The zero-order chi connectivity index (χ0) is 14.7. The van der Waals surface area contributed by atoms with Gasteiger partial charge in [-0.05, 0) is 44.2 Å². The van der Waals surface area contributed by atoms with Gasteiger partial charge in [0.15, 0.2) is 0 Å². The van der Waals surface area contributed by atoms with Crippen molar-refractivity contribution in [3.8, 4) is 0 Å². The monoisotopic (exact) mass is 293 g/mol. The van der Waals surface area contributed by atoms with Gasteiger partial charge in [-0.2, -0.15) is 0 Å². The van der Waals surface area contributed by atoms with Crippen LogP contribution in [-0.2, 0) is 6.54 Å². The maximum atomic E-state index is 13.2. The first-order valence-electron chi connectivity index (χ1n) is 6.58. The number of hydrogen-bond acceptors (Lipinski definition) is 4. The Morgan fingerprint density at radius 1 is 1.40 bits per heavy atom. The quantitative estimate of drug-likeness (QED) is 0.921. The van der Waals surface area contributed by atoms with Crippen LogP contribution in [0.15, 0.2) is 23.6 Å². The number of halogens is 1. The van der Waals surface area contributed by atoms with Crippen molar-refractivity contribution < 1.29 is 4.39 Å². The highest BCUT2D eigenvalue weighted by Crippen LogP contribution is 2.24. The van der Waals surface area contributed by atoms with Gasteiger partial charge in [-0.25, -0.2) is 9.37 Å². The summed E-state index contributed by atoms with van der Waals surface area (Å²) in [6.45, 7) is 5.15. The summed E-state index contributed by atoms with van der Waals surface area (Å²) in [6, 6.07) is 4.94. The maximum Gasteiger partial charge on any atom is 0.123 e. The van der Waals surface area contributed by atoms with E-state index in [2.05, 4.69) is 15.3 Å². The van der Waals surface area contributed by atoms with Crippen molar-refractivity contribution in [1.82, 2.24) is 9.88 Å². The molecule has 0 aliphatic carbocycles. The van der Waals surface area contributed by atoms with Gasteiger partial charge in [-0.1, -0.05) is 6.07 Å². The summed E-state index contributed by atoms with van der Waals surface area (Å²) in [5.74, 6) is -0.209. The number of hydrogen-bond donors (Lipinski definition) is 1. The van der Waals surface area contributed by atoms with Crippen molar-refractivity contribution in [3.05, 3.63) is 51.2 Å². The van der Waals surface area contributed by atoms with Gasteiger partial charge in [-0.3, -0.25) is 4.90 Å². The molecule has 0 saturated heterocycles. The predicted molar refractivity (Wildman–Crippen MR) is 81.3 cm³/mol. The number of nitrogens with two attached hydrogens (primary N) is 1. The van der Waals surface area contributed by atoms with Gasteiger partial charge in [-0.15, -0.1) is 11.3 Å². The summed E-state index contributed by atoms with van der Waals surface area (Å²) in [5, 5.41) is 3.13. The molecule has 0 saturated carbocycles. The van der Waals surface area contributed by atoms with Gasteiger partial charge in [0.05, 0.1) is 10.7 Å². The molecular weight excluding hydrogens is 273 g/mol. The van der Waals surface area contributed by atoms with Gasteiger partial charge in [0.1, 0.15) is 5.82 Å². The lowest BCUT2D eigenvalue weighted by atomic mass is 10.00. The highest BCUT2D eigenvalue weighted by Gasteiger charge is 2.18. The largest absolute Gasteiger partial charge is 0.329 e. The topological polar surface area (TPSA) is 42.2 Å². The van der Waals surface area contributed by atoms with Crippen LogP contribution in [0.25, 0.3) is 0 Å². The van der Waals surface area contributed by atoms with Crippen LogP contribution in [0.3, 0.4) is 0 Å². The van der Waals surface area contributed by atoms with Gasteiger partial charge in [0.2, 0.25) is 0 Å². The molecule has 1 aromatic heterocycles. The van der Waals surface area contributed by atoms with E-state index in [4.69, 9.17) is 5.73 Å². The Kier molecular flexibility index (Phi) is 4.86. The molecular formula is C15H20FN3S. The average molecular weight is 293 g/mol. The van der Waals surface area contributed by atoms with E-state index in [1.165, 1.54) is 6.07 Å². The zero-order valence-corrected chi connectivity index (χ0v) is 12.9. The lowest BCUT2D eigenvalue weighted by Gasteiger charge is -2.28. The SMILES string of the molecule is Cc1nc(CN(C)C(CN)c2ccc(F)cc2C)cs1. The molecule has 2 N–H and O–H groups in total. The molecule has 1 unspecified atom stereocenters. The number of rotatable bonds is 5. The summed E-state index contributed by atoms with van der Waals surface area (Å²) >= 11 is 1.65. The third kappa shape index (κ3) is 3.42. The molecule has 1 aromatic carbocycles. The fourth-order valence-corrected chi connectivity index (χ4v) is 3.01. The number of nitrogens with zero attached hydrogens (tertiary/aromatic N) is 2. The molecule has 5 heteroatoms. The Bertz CT molecular complexity index is 582. The van der Waals surface area contributed by atoms with Gasteiger partial charge < -0.3 is 5.73 Å². The van der Waals surface area contributed by atoms with Crippen LogP contribution >= 0.6 is 11.3 Å². The molecule has 1 atom stereocenters. The Morgan fingerprint density at radius 2 is 2.15 bits per heavy atom. The van der Waals surface area contributed by atoms with Gasteiger partial charge >= 0.3 is 0 Å². The number of aromatic nitrogens is 1. The average Bonchev–Trinajstić information content (AvgIpc) is 2.78. The predicted octanol–water partition coefficient (Wildman–Crippen LogP) is 3.03. The standard InChI is InChI=1S/C15H20FN3S/c1-10-6-12(16)4-5-14(10)15(7-17)19(3)8-13-9-20-11(2)18-13/h4-6,9,15H,7-8,17H2,1-3H3. The molecule has 1 heterocycles. The van der Waals surface area contributed by atoms with Crippen molar-refractivity contribution in [2.75, 3.05) is 13.6 Å². The molecule has 3 nitrogen and oxygen atoms in total. The summed E-state index contributed by atoms with van der Waals surface area (Å²) in [6.07, 6.45) is 0. The molecule has 0 bridgehead atoms. The van der Waals surface area contributed by atoms with E-state index in [0.29, 0.717) is 6.54 Å². The molecule has 0 aliphatic heterocycles. The van der Waals surface area contributed by atoms with Crippen LogP contribution in [0.5, 0.6) is 0 Å². The van der Waals surface area contributed by atoms with Crippen LogP contribution in [0.4, 0.5) is 4.39 Å². The van der Waals surface area contributed by atoms with E-state index in [1.54, 1.807) is 17.4 Å². The lowest BCUT2D eigenvalue weighted by Crippen LogP contribution is -2.30. The normalized spacial score (nSPS) is 12.9. The first-order valence-corrected chi connectivity index (χ1v) is 7.46. The second-order valence-corrected chi connectivity index (χ2v) is 6.09. The Balaban J connectivity index is 2.18. The second kappa shape index (κ2) is 6.43. The van der Waals surface area contributed by atoms with Crippen LogP contribution in [0.2, 0.25) is 0 Å². The smallest absolute Gasteiger partial charge is 0.123 e. The molecule has 0 amide bonds. The summed E-state index contributed by atoms with van der Waals surface area (Å²) in [7, 11) is 2.02. The zero-order valence-electron chi connectivity index (χ0n) is 12.1. The maximum absolute atomic E-state index is 13.2. The minimum absolute atomic E-state index is 0.0672. The highest BCUT2D eigenvalue weighted by atomic mass is 32.1. The molecule has 2 rings (SSSR count). The van der Waals surface area contributed by atoms with Crippen LogP contribution in [0, 0.1) is 19.7 Å². The van der Waals surface area contributed by atoms with Crippen LogP contribution in [-0.4, -0.2) is 23.5 Å². The third-order valence-electron chi connectivity index (χ3n) is 3.42. The summed E-state index contributed by atoms with van der Waals surface area (Å²) < 4.78 is 13.2. The van der Waals surface area contributed by atoms with Crippen molar-refractivity contribution in [2.45, 2.75) is 26.4 Å². The highest BCUT2D eigenvalue weighted by molar-refractivity contribution is 7.09. The Hall–Kier alpha value is -1.30. The van der Waals surface area contributed by atoms with Gasteiger partial charge in [0.25, 0.3) is 0 Å². The van der Waals surface area contributed by atoms with Crippen molar-refractivity contribution >= 4 is 11.3 Å². The molecule has 0 aliphatic rings. The molecule has 20 heavy (non-hydrogen) atoms. The Morgan fingerprint density at radius 3 is 2.70 bits per heavy atom. The lowest BCUT2D eigenvalue weighted by molar-refractivity contribution is 0.238. The number of benzene rings is 1. The second-order valence-electron chi connectivity index (χ2n) is 5.03. The molecule has 2 aromatic rings. The summed E-state index contributed by atoms with van der Waals surface area (Å²) in [4.78, 5) is 6.64. The van der Waals surface area contributed by atoms with Gasteiger partial charge in [0, 0.05) is 24.5 Å².